The number of allylic oxidation sites excluding steroid dienone is 9. The van der Waals surface area contributed by atoms with Gasteiger partial charge in [0.05, 0.1) is 33.8 Å². The summed E-state index contributed by atoms with van der Waals surface area (Å²) in [5.41, 5.74) is 0. The maximum atomic E-state index is 13.6. The molecule has 0 bridgehead atoms. The predicted molar refractivity (Wildman–Crippen MR) is 349 cm³/mol. The molecule has 9 nitrogen and oxygen atoms in total. The van der Waals surface area contributed by atoms with Gasteiger partial charge in [0.15, 0.2) is 0 Å². The van der Waals surface area contributed by atoms with E-state index in [1.807, 2.05) is 33.3 Å². The van der Waals surface area contributed by atoms with Crippen LogP contribution in [0.15, 0.2) is 60.8 Å². The molecule has 0 aromatic rings. The fourth-order valence-electron chi connectivity index (χ4n) is 10.1. The van der Waals surface area contributed by atoms with Crippen molar-refractivity contribution in [2.24, 2.45) is 0 Å². The summed E-state index contributed by atoms with van der Waals surface area (Å²) in [6.45, 7) is 6.84. The fourth-order valence-corrected chi connectivity index (χ4v) is 10.8. The van der Waals surface area contributed by atoms with E-state index in [9.17, 15) is 19.0 Å². The number of phosphoric acid groups is 1. The van der Waals surface area contributed by atoms with E-state index in [0.29, 0.717) is 17.4 Å². The Kier molecular flexibility index (Phi) is 59.1. The van der Waals surface area contributed by atoms with E-state index < -0.39 is 20.0 Å². The van der Waals surface area contributed by atoms with Gasteiger partial charge < -0.3 is 28.5 Å². The lowest BCUT2D eigenvalue weighted by Gasteiger charge is -2.30. The summed E-state index contributed by atoms with van der Waals surface area (Å²) >= 11 is 0. The molecular formula is C71H133N2O7P. The van der Waals surface area contributed by atoms with E-state index in [1.54, 1.807) is 0 Å². The highest BCUT2D eigenvalue weighted by molar-refractivity contribution is 7.45. The highest BCUT2D eigenvalue weighted by atomic mass is 31.2. The predicted octanol–water partition coefficient (Wildman–Crippen LogP) is 21.2. The monoisotopic (exact) mass is 1160 g/mol. The van der Waals surface area contributed by atoms with Gasteiger partial charge in [-0.15, -0.1) is 0 Å². The lowest BCUT2D eigenvalue weighted by atomic mass is 10.0. The van der Waals surface area contributed by atoms with Crippen molar-refractivity contribution in [1.29, 1.82) is 0 Å². The van der Waals surface area contributed by atoms with Crippen molar-refractivity contribution in [3.8, 4) is 0 Å². The molecule has 0 fully saturated rings. The van der Waals surface area contributed by atoms with Crippen molar-refractivity contribution in [2.45, 2.75) is 341 Å². The van der Waals surface area contributed by atoms with Gasteiger partial charge in [-0.05, 0) is 96.0 Å². The van der Waals surface area contributed by atoms with Gasteiger partial charge in [-0.1, -0.05) is 281 Å². The zero-order chi connectivity index (χ0) is 59.3. The van der Waals surface area contributed by atoms with Crippen LogP contribution in [0.1, 0.15) is 329 Å². The molecule has 3 atom stereocenters. The topological polar surface area (TPSA) is 114 Å². The number of rotatable bonds is 63. The summed E-state index contributed by atoms with van der Waals surface area (Å²) in [5, 5.41) is 3.04. The maximum absolute atomic E-state index is 13.6. The second-order valence-electron chi connectivity index (χ2n) is 24.7. The van der Waals surface area contributed by atoms with E-state index in [4.69, 9.17) is 13.8 Å². The number of nitrogens with zero attached hydrogens (tertiary/aromatic N) is 1. The van der Waals surface area contributed by atoms with Crippen molar-refractivity contribution in [3.63, 3.8) is 0 Å². The van der Waals surface area contributed by atoms with Crippen LogP contribution in [-0.2, 0) is 27.9 Å². The third kappa shape index (κ3) is 62.1. The van der Waals surface area contributed by atoms with E-state index in [2.05, 4.69) is 74.7 Å². The normalized spacial score (nSPS) is 13.9. The Morgan fingerprint density at radius 2 is 0.753 bits per heavy atom. The number of quaternary nitrogens is 1. The first kappa shape index (κ1) is 78.7. The first-order valence-electron chi connectivity index (χ1n) is 34.6. The Balaban J connectivity index is 5.00. The molecule has 0 aliphatic rings. The van der Waals surface area contributed by atoms with Gasteiger partial charge in [0, 0.05) is 12.8 Å². The van der Waals surface area contributed by atoms with E-state index in [0.717, 1.165) is 83.5 Å². The van der Waals surface area contributed by atoms with Crippen LogP contribution >= 0.6 is 7.82 Å². The molecule has 0 aliphatic heterocycles. The minimum atomic E-state index is -4.70. The highest BCUT2D eigenvalue weighted by Gasteiger charge is 2.27. The number of carbonyl (C=O) groups is 2. The van der Waals surface area contributed by atoms with Crippen molar-refractivity contribution < 1.29 is 37.3 Å². The molecule has 10 heteroatoms. The van der Waals surface area contributed by atoms with Crippen molar-refractivity contribution in [3.05, 3.63) is 60.8 Å². The number of nitrogens with one attached hydrogen (secondary N) is 1. The van der Waals surface area contributed by atoms with E-state index in [1.165, 1.54) is 212 Å². The number of amides is 1. The SMILES string of the molecule is CCCCC/C=C\C/C=C\C/C=C\CCCCCCCCCCCCCCCCC(=O)OC(/C=C\CCCCCCCCCCC)C(COP(=O)([O-])OCC[N+](C)(C)C)NC(=O)CCCCCCCCC/C=C/CCCCCCCC. The molecule has 1 amide bonds. The molecule has 81 heavy (non-hydrogen) atoms. The number of phosphoric ester groups is 1. The van der Waals surface area contributed by atoms with Crippen LogP contribution in [0.4, 0.5) is 0 Å². The van der Waals surface area contributed by atoms with Gasteiger partial charge in [-0.2, -0.15) is 0 Å². The number of carbonyl (C=O) groups excluding carboxylic acids is 2. The van der Waals surface area contributed by atoms with Crippen LogP contribution in [0.3, 0.4) is 0 Å². The largest absolute Gasteiger partial charge is 0.756 e. The Bertz CT molecular complexity index is 1570. The summed E-state index contributed by atoms with van der Waals surface area (Å²) < 4.78 is 30.4. The second kappa shape index (κ2) is 60.8. The molecule has 474 valence electrons. The zero-order valence-corrected chi connectivity index (χ0v) is 55.1. The molecule has 0 radical (unpaired) electrons. The molecule has 0 rings (SSSR count). The second-order valence-corrected chi connectivity index (χ2v) is 26.1. The third-order valence-electron chi connectivity index (χ3n) is 15.4. The molecular weight excluding hydrogens is 1020 g/mol. The molecule has 3 unspecified atom stereocenters. The molecule has 0 aliphatic carbocycles. The summed E-state index contributed by atoms with van der Waals surface area (Å²) in [6.07, 6.45) is 77.7. The van der Waals surface area contributed by atoms with E-state index in [-0.39, 0.29) is 31.5 Å². The van der Waals surface area contributed by atoms with Gasteiger partial charge in [0.25, 0.3) is 7.82 Å². The van der Waals surface area contributed by atoms with Crippen LogP contribution in [0, 0.1) is 0 Å². The first-order valence-corrected chi connectivity index (χ1v) is 36.1. The number of likely N-dealkylation sites (N-methyl/N-ethyl adjacent to an activating group) is 1. The molecule has 1 N–H and O–H groups in total. The summed E-state index contributed by atoms with van der Waals surface area (Å²) in [6, 6.07) is -0.891. The Morgan fingerprint density at radius 1 is 0.432 bits per heavy atom. The smallest absolute Gasteiger partial charge is 0.306 e. The van der Waals surface area contributed by atoms with Crippen molar-refractivity contribution in [1.82, 2.24) is 5.32 Å². The molecule has 0 heterocycles. The Hall–Kier alpha value is -2.29. The van der Waals surface area contributed by atoms with Crippen LogP contribution in [0.25, 0.3) is 0 Å². The summed E-state index contributed by atoms with van der Waals surface area (Å²) in [4.78, 5) is 40.1. The number of ether oxygens (including phenoxy) is 1. The fraction of sp³-hybridized carbons (Fsp3) is 0.831. The number of esters is 1. The zero-order valence-electron chi connectivity index (χ0n) is 54.2. The van der Waals surface area contributed by atoms with Crippen LogP contribution in [-0.4, -0.2) is 69.4 Å². The number of hydrogen-bond acceptors (Lipinski definition) is 7. The van der Waals surface area contributed by atoms with E-state index >= 15 is 0 Å². The van der Waals surface area contributed by atoms with Crippen LogP contribution < -0.4 is 10.2 Å². The molecule has 0 spiro atoms. The summed E-state index contributed by atoms with van der Waals surface area (Å²) in [7, 11) is 1.19. The lowest BCUT2D eigenvalue weighted by Crippen LogP contribution is -2.47. The van der Waals surface area contributed by atoms with Gasteiger partial charge in [-0.3, -0.25) is 14.2 Å². The minimum absolute atomic E-state index is 0.0230. The quantitative estimate of drug-likeness (QED) is 0.0212. The number of unbranched alkanes of at least 4 members (excludes halogenated alkanes) is 39. The Morgan fingerprint density at radius 3 is 1.16 bits per heavy atom. The molecule has 0 saturated heterocycles. The standard InChI is InChI=1S/C71H133N2O7P/c1-7-10-13-16-19-22-25-27-29-31-32-33-34-35-36-37-38-39-40-42-44-46-49-52-55-58-61-64-71(75)80-69(62-59-56-53-50-47-24-21-18-15-12-9-3)68(67-79-81(76,77)78-66-65-73(4,5)6)72-70(74)63-60-57-54-51-48-45-43-41-30-28-26-23-20-17-14-11-8-2/h19,22,27-30,32-33,59,62,68-69H,7-18,20-21,23-26,31,34-58,60-61,63-67H2,1-6H3,(H-,72,74,76,77)/b22-19-,29-27-,30-28+,33-32-,62-59-. The van der Waals surface area contributed by atoms with Crippen molar-refractivity contribution in [2.75, 3.05) is 40.9 Å². The van der Waals surface area contributed by atoms with Gasteiger partial charge >= 0.3 is 5.97 Å². The molecule has 0 saturated carbocycles. The highest BCUT2D eigenvalue weighted by Crippen LogP contribution is 2.38. The molecule has 0 aromatic carbocycles. The van der Waals surface area contributed by atoms with Gasteiger partial charge in [-0.25, -0.2) is 0 Å². The average Bonchev–Trinajstić information content (AvgIpc) is 3.44. The van der Waals surface area contributed by atoms with Crippen molar-refractivity contribution >= 4 is 19.7 Å². The summed E-state index contributed by atoms with van der Waals surface area (Å²) in [5.74, 6) is -0.537. The van der Waals surface area contributed by atoms with Gasteiger partial charge in [0.1, 0.15) is 19.3 Å². The lowest BCUT2D eigenvalue weighted by molar-refractivity contribution is -0.870. The molecule has 0 aromatic heterocycles. The van der Waals surface area contributed by atoms with Crippen LogP contribution in [0.2, 0.25) is 0 Å². The average molecular weight is 1160 g/mol. The minimum Gasteiger partial charge on any atom is -0.756 e. The van der Waals surface area contributed by atoms with Gasteiger partial charge in [0.2, 0.25) is 5.91 Å². The maximum Gasteiger partial charge on any atom is 0.306 e. The first-order chi connectivity index (χ1) is 39.4. The Labute approximate surface area is 502 Å². The third-order valence-corrected chi connectivity index (χ3v) is 16.4. The number of hydrogen-bond donors (Lipinski definition) is 1. The van der Waals surface area contributed by atoms with Crippen LogP contribution in [0.5, 0.6) is 0 Å².